The van der Waals surface area contributed by atoms with Gasteiger partial charge >= 0.3 is 5.97 Å². The van der Waals surface area contributed by atoms with E-state index in [2.05, 4.69) is 41.4 Å². The second-order valence-electron chi connectivity index (χ2n) is 19.8. The smallest absolute Gasteiger partial charge is 0.302 e. The molecule has 12 heteroatoms. The van der Waals surface area contributed by atoms with Crippen LogP contribution in [0.1, 0.15) is 146 Å². The predicted octanol–water partition coefficient (Wildman–Crippen LogP) is 9.23. The van der Waals surface area contributed by atoms with Crippen LogP contribution in [0.2, 0.25) is 0 Å². The van der Waals surface area contributed by atoms with Crippen molar-refractivity contribution in [2.75, 3.05) is 18.8 Å². The number of nitrogens with one attached hydrogen (secondary N) is 1. The standard InChI is InChI=1S/C51H70N4O6S2/c1-36(56)60-44-21-20-39-27-40(47(59)45(28-39)61-43-18-8-9-19-43)34-55-35-49(32-46(55)58,30-37-13-5-4-6-14-37)41-16-11-15-38-22-25-50(31-38)23-12-24-51(50,54-48(52)53-33-41)63-62-26-10-3-2-7-17-42(57)29-44/h4-6,13-14,27-28,38,41-44,57,59H,2-3,7-10,12,15,17-26,29-35H2,1H3,(H3,52,53,54)/t38-,41+,42+,44-,49-,50+,51+/m1/s1. The van der Waals surface area contributed by atoms with E-state index in [9.17, 15) is 19.8 Å². The topological polar surface area (TPSA) is 147 Å². The third-order valence-corrected chi connectivity index (χ3v) is 18.5. The molecule has 3 heterocycles. The summed E-state index contributed by atoms with van der Waals surface area (Å²) in [5, 5.41) is 27.0. The van der Waals surface area contributed by atoms with E-state index in [0.29, 0.717) is 74.8 Å². The second-order valence-corrected chi connectivity index (χ2v) is 22.6. The molecule has 6 aliphatic rings. The van der Waals surface area contributed by atoms with Gasteiger partial charge in [-0.1, -0.05) is 83.2 Å². The minimum atomic E-state index is -0.570. The Labute approximate surface area is 383 Å². The Morgan fingerprint density at radius 3 is 2.63 bits per heavy atom. The molecule has 3 aliphatic heterocycles. The fraction of sp³-hybridized carbons (Fsp3) is 0.667. The number of rotatable bonds is 5. The van der Waals surface area contributed by atoms with Crippen LogP contribution in [0.15, 0.2) is 47.5 Å². The third kappa shape index (κ3) is 11.1. The molecular weight excluding hydrogens is 829 g/mol. The number of hydrogen-bond acceptors (Lipinski definition) is 11. The zero-order valence-corrected chi connectivity index (χ0v) is 39.1. The van der Waals surface area contributed by atoms with Gasteiger partial charge in [0.15, 0.2) is 17.5 Å². The first-order valence-electron chi connectivity index (χ1n) is 24.1. The Morgan fingerprint density at radius 1 is 1.00 bits per heavy atom. The van der Waals surface area contributed by atoms with Crippen LogP contribution in [-0.4, -0.2) is 75.0 Å². The lowest BCUT2D eigenvalue weighted by molar-refractivity contribution is -0.148. The quantitative estimate of drug-likeness (QED) is 0.130. The van der Waals surface area contributed by atoms with E-state index in [0.717, 1.165) is 93.9 Å². The van der Waals surface area contributed by atoms with Gasteiger partial charge in [-0.25, -0.2) is 0 Å². The van der Waals surface area contributed by atoms with Gasteiger partial charge in [0.1, 0.15) is 11.0 Å². The highest BCUT2D eigenvalue weighted by atomic mass is 33.1. The molecule has 342 valence electrons. The van der Waals surface area contributed by atoms with Crippen molar-refractivity contribution >= 4 is 39.4 Å². The van der Waals surface area contributed by atoms with Crippen molar-refractivity contribution in [3.63, 3.8) is 0 Å². The largest absolute Gasteiger partial charge is 0.504 e. The first kappa shape index (κ1) is 46.0. The number of benzene rings is 2. The number of aliphatic hydroxyl groups is 1. The predicted molar refractivity (Wildman–Crippen MR) is 253 cm³/mol. The number of aliphatic imine (C=N–C) groups is 1. The van der Waals surface area contributed by atoms with E-state index < -0.39 is 17.6 Å². The number of esters is 1. The van der Waals surface area contributed by atoms with E-state index in [1.807, 2.05) is 44.7 Å². The zero-order chi connectivity index (χ0) is 43.9. The first-order chi connectivity index (χ1) is 30.5. The molecule has 63 heavy (non-hydrogen) atoms. The molecule has 8 rings (SSSR count). The number of hydrogen-bond donors (Lipinski definition) is 4. The number of amides is 1. The number of nitrogens with zero attached hydrogens (tertiary/aromatic N) is 2. The van der Waals surface area contributed by atoms with Crippen molar-refractivity contribution in [3.05, 3.63) is 59.2 Å². The van der Waals surface area contributed by atoms with E-state index in [4.69, 9.17) is 20.2 Å². The van der Waals surface area contributed by atoms with Crippen LogP contribution in [0.3, 0.4) is 0 Å². The van der Waals surface area contributed by atoms with Crippen LogP contribution in [0.25, 0.3) is 0 Å². The minimum Gasteiger partial charge on any atom is -0.504 e. The summed E-state index contributed by atoms with van der Waals surface area (Å²) in [5.74, 6) is 9.44. The number of carbonyl (C=O) groups excluding carboxylic acids is 2. The minimum absolute atomic E-state index is 0.0209. The lowest BCUT2D eigenvalue weighted by Gasteiger charge is -2.44. The highest BCUT2D eigenvalue weighted by Crippen LogP contribution is 2.64. The Morgan fingerprint density at radius 2 is 1.81 bits per heavy atom. The number of carbonyl (C=O) groups is 2. The first-order valence-corrected chi connectivity index (χ1v) is 26.4. The molecule has 2 aromatic rings. The Balaban J connectivity index is 1.15. The molecule has 3 aliphatic carbocycles. The van der Waals surface area contributed by atoms with Crippen molar-refractivity contribution in [1.29, 1.82) is 0 Å². The summed E-state index contributed by atoms with van der Waals surface area (Å²) in [7, 11) is 3.96. The average Bonchev–Trinajstić information content (AvgIpc) is 4.06. The highest BCUT2D eigenvalue weighted by molar-refractivity contribution is 8.77. The number of aryl methyl sites for hydroxylation is 1. The van der Waals surface area contributed by atoms with Crippen LogP contribution < -0.4 is 15.8 Å². The number of ether oxygens (including phenoxy) is 2. The maximum absolute atomic E-state index is 14.5. The van der Waals surface area contributed by atoms with Gasteiger partial charge in [-0.2, -0.15) is 0 Å². The summed E-state index contributed by atoms with van der Waals surface area (Å²) in [6.07, 6.45) is 18.0. The van der Waals surface area contributed by atoms with Crippen LogP contribution in [0.4, 0.5) is 0 Å². The molecule has 1 saturated heterocycles. The number of phenols is 1. The second kappa shape index (κ2) is 20.8. The lowest BCUT2D eigenvalue weighted by atomic mass is 9.70. The van der Waals surface area contributed by atoms with Gasteiger partial charge in [0.05, 0.1) is 18.8 Å². The van der Waals surface area contributed by atoms with E-state index >= 15 is 0 Å². The number of guanidine groups is 1. The molecule has 10 nitrogen and oxygen atoms in total. The maximum atomic E-state index is 14.5. The molecular formula is C51H70N4O6S2. The molecule has 1 amide bonds. The fourth-order valence-corrected chi connectivity index (χ4v) is 15.5. The molecule has 0 unspecified atom stereocenters. The highest BCUT2D eigenvalue weighted by Gasteiger charge is 2.59. The van der Waals surface area contributed by atoms with Gasteiger partial charge in [-0.3, -0.25) is 14.6 Å². The van der Waals surface area contributed by atoms with Gasteiger partial charge in [-0.05, 0) is 119 Å². The van der Waals surface area contributed by atoms with Crippen LogP contribution >= 0.6 is 21.6 Å². The van der Waals surface area contributed by atoms with Crippen LogP contribution in [0.5, 0.6) is 11.5 Å². The number of aliphatic hydroxyl groups excluding tert-OH is 1. The SMILES string of the molecule is CC(=O)O[C@@H]1CCc2cc(c(O)c(OC3CCCC3)c2)CN2C[C@@](Cc3ccccc3)(CC2=O)[C@H]2C#CC[C@@H]3CC[C@@]4(CCC[C@]4(NC(N)=NC2)SSCCCCCC[C@H](O)C1)C3. The van der Waals surface area contributed by atoms with Crippen LogP contribution in [0, 0.1) is 34.5 Å². The summed E-state index contributed by atoms with van der Waals surface area (Å²) >= 11 is 0. The lowest BCUT2D eigenvalue weighted by Crippen LogP contribution is -2.56. The third-order valence-electron chi connectivity index (χ3n) is 15.2. The van der Waals surface area contributed by atoms with Gasteiger partial charge in [0.2, 0.25) is 5.91 Å². The van der Waals surface area contributed by atoms with Gasteiger partial charge in [0, 0.05) is 67.3 Å². The Hall–Kier alpha value is -3.53. The van der Waals surface area contributed by atoms with E-state index in [1.54, 1.807) is 0 Å². The number of nitrogens with two attached hydrogens (primary N) is 1. The molecule has 8 bridgehead atoms. The normalized spacial score (nSPS) is 32.5. The molecule has 2 aromatic carbocycles. The van der Waals surface area contributed by atoms with Gasteiger partial charge in [-0.15, -0.1) is 5.92 Å². The molecule has 0 radical (unpaired) electrons. The Bertz CT molecular complexity index is 2000. The zero-order valence-electron chi connectivity index (χ0n) is 37.4. The van der Waals surface area contributed by atoms with Crippen molar-refractivity contribution in [1.82, 2.24) is 10.2 Å². The van der Waals surface area contributed by atoms with Crippen molar-refractivity contribution in [3.8, 4) is 23.3 Å². The summed E-state index contributed by atoms with van der Waals surface area (Å²) in [5.41, 5.74) is 9.29. The van der Waals surface area contributed by atoms with Gasteiger partial charge in [0.25, 0.3) is 0 Å². The van der Waals surface area contributed by atoms with E-state index in [1.165, 1.54) is 26.2 Å². The molecule has 0 aromatic heterocycles. The number of aromatic hydroxyl groups is 1. The fourth-order valence-electron chi connectivity index (χ4n) is 11.9. The summed E-state index contributed by atoms with van der Waals surface area (Å²) in [4.78, 5) is 33.6. The summed E-state index contributed by atoms with van der Waals surface area (Å²) in [6.45, 7) is 2.50. The van der Waals surface area contributed by atoms with Crippen LogP contribution in [-0.2, 0) is 33.7 Å². The summed E-state index contributed by atoms with van der Waals surface area (Å²) in [6, 6.07) is 14.3. The average molecular weight is 899 g/mol. The molecule has 7 atom stereocenters. The number of fused-ring (bicyclic) bond motifs is 9. The van der Waals surface area contributed by atoms with Crippen molar-refractivity contribution < 1.29 is 29.3 Å². The molecule has 2 spiro atoms. The van der Waals surface area contributed by atoms with Crippen molar-refractivity contribution in [2.45, 2.75) is 171 Å². The van der Waals surface area contributed by atoms with Gasteiger partial charge < -0.3 is 35.6 Å². The molecule has 4 fully saturated rings. The molecule has 5 N–H and O–H groups in total. The van der Waals surface area contributed by atoms with E-state index in [-0.39, 0.29) is 46.5 Å². The maximum Gasteiger partial charge on any atom is 0.302 e. The Kier molecular flexibility index (Phi) is 15.2. The number of phenolic OH excluding ortho intramolecular Hbond substituents is 1. The van der Waals surface area contributed by atoms with Crippen molar-refractivity contribution in [2.24, 2.45) is 33.4 Å². The summed E-state index contributed by atoms with van der Waals surface area (Å²) < 4.78 is 12.3. The monoisotopic (exact) mass is 898 g/mol. The molecule has 3 saturated carbocycles.